The van der Waals surface area contributed by atoms with Gasteiger partial charge < -0.3 is 0 Å². The summed E-state index contributed by atoms with van der Waals surface area (Å²) in [7, 11) is 0. The molecular weight excluding hydrogens is 196 g/mol. The third-order valence-corrected chi connectivity index (χ3v) is 4.05. The van der Waals surface area contributed by atoms with Crippen LogP contribution in [0.3, 0.4) is 0 Å². The lowest BCUT2D eigenvalue weighted by Crippen LogP contribution is -2.34. The molecule has 0 radical (unpaired) electrons. The zero-order chi connectivity index (χ0) is 11.4. The summed E-state index contributed by atoms with van der Waals surface area (Å²) >= 11 is 0. The van der Waals surface area contributed by atoms with Crippen LogP contribution >= 0.6 is 0 Å². The first-order valence-corrected chi connectivity index (χ1v) is 6.38. The molecule has 1 heteroatoms. The number of hydrogen-bond acceptors (Lipinski definition) is 1. The van der Waals surface area contributed by atoms with E-state index in [1.807, 2.05) is 31.2 Å². The fourth-order valence-corrected chi connectivity index (χ4v) is 2.54. The van der Waals surface area contributed by atoms with Crippen LogP contribution in [-0.4, -0.2) is 6.29 Å². The van der Waals surface area contributed by atoms with Crippen molar-refractivity contribution in [1.29, 1.82) is 0 Å². The van der Waals surface area contributed by atoms with E-state index in [0.29, 0.717) is 0 Å². The number of benzene rings is 1. The molecule has 1 aromatic carbocycles. The molecule has 2 fully saturated rings. The summed E-state index contributed by atoms with van der Waals surface area (Å²) in [6.45, 7) is 2.04. The van der Waals surface area contributed by atoms with Crippen LogP contribution in [0.2, 0.25) is 0 Å². The fraction of sp³-hybridized carbons (Fsp3) is 0.533. The largest absolute Gasteiger partial charge is 0.298 e. The van der Waals surface area contributed by atoms with Crippen molar-refractivity contribution in [3.8, 4) is 0 Å². The Morgan fingerprint density at radius 2 is 1.69 bits per heavy atom. The predicted octanol–water partition coefficient (Wildman–Crippen LogP) is 3.87. The van der Waals surface area contributed by atoms with Crippen molar-refractivity contribution >= 4 is 6.29 Å². The lowest BCUT2D eigenvalue weighted by atomic mass is 9.60. The molecule has 0 spiro atoms. The quantitative estimate of drug-likeness (QED) is 0.686. The number of hydrogen-bond donors (Lipinski definition) is 0. The molecule has 0 heterocycles. The van der Waals surface area contributed by atoms with E-state index in [0.717, 1.165) is 23.8 Å². The summed E-state index contributed by atoms with van der Waals surface area (Å²) < 4.78 is 0. The Hall–Kier alpha value is -1.11. The van der Waals surface area contributed by atoms with E-state index in [1.165, 1.54) is 11.8 Å². The standard InChI is InChI=1S/C9H10O.C6H10/c1-2-8-5-3-4-6-9(8)7-10;1-2-6-4-3-5(1)6/h3-7H,2H2,1H3;5-6H,1-4H2. The van der Waals surface area contributed by atoms with E-state index >= 15 is 0 Å². The van der Waals surface area contributed by atoms with Crippen LogP contribution in [0.25, 0.3) is 0 Å². The van der Waals surface area contributed by atoms with E-state index < -0.39 is 0 Å². The molecule has 0 amide bonds. The molecule has 2 aliphatic carbocycles. The Morgan fingerprint density at radius 1 is 1.12 bits per heavy atom. The van der Waals surface area contributed by atoms with Crippen LogP contribution in [0.1, 0.15) is 48.5 Å². The van der Waals surface area contributed by atoms with Gasteiger partial charge in [-0.15, -0.1) is 0 Å². The second-order valence-corrected chi connectivity index (χ2v) is 4.85. The maximum Gasteiger partial charge on any atom is 0.150 e. The van der Waals surface area contributed by atoms with Gasteiger partial charge in [0.25, 0.3) is 0 Å². The van der Waals surface area contributed by atoms with E-state index in [2.05, 4.69) is 0 Å². The van der Waals surface area contributed by atoms with Crippen molar-refractivity contribution in [2.24, 2.45) is 11.8 Å². The second-order valence-electron chi connectivity index (χ2n) is 4.85. The summed E-state index contributed by atoms with van der Waals surface area (Å²) in [5, 5.41) is 0. The van der Waals surface area contributed by atoms with Crippen LogP contribution < -0.4 is 0 Å². The van der Waals surface area contributed by atoms with Crippen LogP contribution in [-0.2, 0) is 6.42 Å². The highest BCUT2D eigenvalue weighted by Crippen LogP contribution is 2.49. The van der Waals surface area contributed by atoms with Gasteiger partial charge in [-0.25, -0.2) is 0 Å². The lowest BCUT2D eigenvalue weighted by molar-refractivity contribution is 0.0548. The van der Waals surface area contributed by atoms with Crippen molar-refractivity contribution in [2.75, 3.05) is 0 Å². The highest BCUT2D eigenvalue weighted by Gasteiger charge is 2.37. The topological polar surface area (TPSA) is 17.1 Å². The average Bonchev–Trinajstić information content (AvgIpc) is 2.34. The molecule has 0 aliphatic heterocycles. The molecule has 3 rings (SSSR count). The SMILES string of the molecule is C1CC2CCC12.CCc1ccccc1C=O. The number of aryl methyl sites for hydroxylation is 1. The minimum Gasteiger partial charge on any atom is -0.298 e. The van der Waals surface area contributed by atoms with Gasteiger partial charge in [0, 0.05) is 5.56 Å². The van der Waals surface area contributed by atoms with E-state index in [9.17, 15) is 4.79 Å². The minimum absolute atomic E-state index is 0.810. The van der Waals surface area contributed by atoms with Crippen LogP contribution in [0.4, 0.5) is 0 Å². The first kappa shape index (κ1) is 11.4. The Kier molecular flexibility index (Phi) is 3.76. The van der Waals surface area contributed by atoms with Crippen LogP contribution in [0, 0.1) is 11.8 Å². The van der Waals surface area contributed by atoms with Crippen molar-refractivity contribution in [2.45, 2.75) is 39.0 Å². The molecule has 2 saturated carbocycles. The van der Waals surface area contributed by atoms with Gasteiger partial charge in [0.2, 0.25) is 0 Å². The van der Waals surface area contributed by atoms with Gasteiger partial charge in [-0.3, -0.25) is 4.79 Å². The van der Waals surface area contributed by atoms with Crippen LogP contribution in [0.15, 0.2) is 24.3 Å². The van der Waals surface area contributed by atoms with Crippen molar-refractivity contribution in [3.63, 3.8) is 0 Å². The predicted molar refractivity (Wildman–Crippen MR) is 66.7 cm³/mol. The monoisotopic (exact) mass is 216 g/mol. The number of rotatable bonds is 2. The minimum atomic E-state index is 0.810. The number of carbonyl (C=O) groups excluding carboxylic acids is 1. The zero-order valence-corrected chi connectivity index (χ0v) is 9.99. The average molecular weight is 216 g/mol. The fourth-order valence-electron chi connectivity index (χ4n) is 2.54. The Morgan fingerprint density at radius 3 is 2.00 bits per heavy atom. The summed E-state index contributed by atoms with van der Waals surface area (Å²) in [6, 6.07) is 7.64. The Bertz CT molecular complexity index is 338. The van der Waals surface area contributed by atoms with Crippen molar-refractivity contribution < 1.29 is 4.79 Å². The zero-order valence-electron chi connectivity index (χ0n) is 9.99. The maximum atomic E-state index is 10.4. The summed E-state index contributed by atoms with van der Waals surface area (Å²) in [6.07, 6.45) is 8.07. The first-order valence-electron chi connectivity index (χ1n) is 6.38. The van der Waals surface area contributed by atoms with E-state index in [4.69, 9.17) is 0 Å². The Labute approximate surface area is 97.9 Å². The van der Waals surface area contributed by atoms with Crippen molar-refractivity contribution in [1.82, 2.24) is 0 Å². The molecule has 86 valence electrons. The number of carbonyl (C=O) groups is 1. The molecule has 0 bridgehead atoms. The number of fused-ring (bicyclic) bond motifs is 1. The summed E-state index contributed by atoms with van der Waals surface area (Å²) in [4.78, 5) is 10.4. The third-order valence-electron chi connectivity index (χ3n) is 4.05. The third kappa shape index (κ3) is 2.34. The van der Waals surface area contributed by atoms with Gasteiger partial charge in [-0.2, -0.15) is 0 Å². The molecular formula is C15H20O. The van der Waals surface area contributed by atoms with E-state index in [1.54, 1.807) is 25.7 Å². The molecule has 2 aliphatic rings. The highest BCUT2D eigenvalue weighted by molar-refractivity contribution is 5.77. The smallest absolute Gasteiger partial charge is 0.150 e. The summed E-state index contributed by atoms with van der Waals surface area (Å²) in [5.74, 6) is 2.43. The molecule has 0 N–H and O–H groups in total. The number of aldehydes is 1. The molecule has 0 unspecified atom stereocenters. The molecule has 0 saturated heterocycles. The summed E-state index contributed by atoms with van der Waals surface area (Å²) in [5.41, 5.74) is 1.93. The molecule has 16 heavy (non-hydrogen) atoms. The highest BCUT2D eigenvalue weighted by atomic mass is 16.1. The van der Waals surface area contributed by atoms with Gasteiger partial charge >= 0.3 is 0 Å². The van der Waals surface area contributed by atoms with Crippen molar-refractivity contribution in [3.05, 3.63) is 35.4 Å². The normalized spacial score (nSPS) is 25.3. The molecule has 1 aromatic rings. The van der Waals surface area contributed by atoms with Gasteiger partial charge in [0.1, 0.15) is 6.29 Å². The van der Waals surface area contributed by atoms with E-state index in [-0.39, 0.29) is 0 Å². The van der Waals surface area contributed by atoms with Gasteiger partial charge in [0.05, 0.1) is 0 Å². The lowest BCUT2D eigenvalue weighted by Gasteiger charge is -2.46. The van der Waals surface area contributed by atoms with Gasteiger partial charge in [-0.1, -0.05) is 31.2 Å². The Balaban J connectivity index is 0.000000134. The second kappa shape index (κ2) is 5.29. The first-order chi connectivity index (χ1) is 7.85. The van der Waals surface area contributed by atoms with Crippen LogP contribution in [0.5, 0.6) is 0 Å². The molecule has 0 aromatic heterocycles. The van der Waals surface area contributed by atoms with Gasteiger partial charge in [-0.05, 0) is 49.5 Å². The maximum absolute atomic E-state index is 10.4. The molecule has 0 atom stereocenters. The van der Waals surface area contributed by atoms with Gasteiger partial charge in [0.15, 0.2) is 0 Å². The molecule has 1 nitrogen and oxygen atoms in total.